The Balaban J connectivity index is 0.977. The Labute approximate surface area is 536 Å². The smallest absolute Gasteiger partial charge is 0.309 e. The summed E-state index contributed by atoms with van der Waals surface area (Å²) in [7, 11) is 0. The first-order valence-electron chi connectivity index (χ1n) is 29.7. The molecule has 0 bridgehead atoms. The molecule has 11 aromatic carbocycles. The number of hydrogen-bond acceptors (Lipinski definition) is 6. The minimum Gasteiger partial charge on any atom is -0.309 e. The van der Waals surface area contributed by atoms with Gasteiger partial charge in [-0.1, -0.05) is 146 Å². The molecule has 4 aromatic heterocycles. The first kappa shape index (κ1) is 60.4. The molecule has 0 aliphatic rings. The van der Waals surface area contributed by atoms with Crippen molar-refractivity contribution in [3.05, 3.63) is 277 Å². The molecule has 0 aliphatic heterocycles. The van der Waals surface area contributed by atoms with Crippen LogP contribution in [-0.2, 0) is 24.7 Å². The Morgan fingerprint density at radius 3 is 0.875 bits per heavy atom. The lowest BCUT2D eigenvalue weighted by Crippen LogP contribution is -2.05. The zero-order chi connectivity index (χ0) is 66.4. The van der Waals surface area contributed by atoms with Gasteiger partial charge in [-0.25, -0.2) is 29.9 Å². The average Bonchev–Trinajstić information content (AvgIpc) is 1.57. The summed E-state index contributed by atoms with van der Waals surface area (Å²) in [6, 6.07) is 65.8. The molecule has 15 aromatic rings. The van der Waals surface area contributed by atoms with Crippen LogP contribution in [0.3, 0.4) is 0 Å². The van der Waals surface area contributed by atoms with E-state index in [9.17, 15) is 52.7 Å². The maximum Gasteiger partial charge on any atom is 0.416 e. The zero-order valence-corrected chi connectivity index (χ0v) is 49.4. The van der Waals surface area contributed by atoms with Crippen molar-refractivity contribution < 1.29 is 52.7 Å². The maximum absolute atomic E-state index is 14.5. The quantitative estimate of drug-likeness (QED) is 0.127. The SMILES string of the molecule is FC(F)(F)c1ccc2c(c1)c1cc(C(F)(F)F)ccc1n2-c1cc(-c2cccc(-c3ccc(-n4c5ccc(C(F)(F)F)cc5c5cc(C(F)(F)F)ccc54)c(-c4nc(-c5ccccc5)nc(-c5ccccc5)n4)c3)c2)cc(-c2nc(-c3ccccc3)nc(-c3ccccc3)n2)c1. The minimum absolute atomic E-state index is 0.0832. The topological polar surface area (TPSA) is 87.2 Å². The fraction of sp³-hybridized carbons (Fsp3) is 0.0526. The maximum atomic E-state index is 14.5. The van der Waals surface area contributed by atoms with E-state index >= 15 is 0 Å². The van der Waals surface area contributed by atoms with Gasteiger partial charge in [0.2, 0.25) is 0 Å². The van der Waals surface area contributed by atoms with Crippen molar-refractivity contribution in [1.29, 1.82) is 0 Å². The Bertz CT molecular complexity index is 5270. The molecule has 15 rings (SSSR count). The normalized spacial score (nSPS) is 12.4. The van der Waals surface area contributed by atoms with Gasteiger partial charge in [0.1, 0.15) is 0 Å². The lowest BCUT2D eigenvalue weighted by Gasteiger charge is -2.17. The Hall–Kier alpha value is -11.8. The van der Waals surface area contributed by atoms with E-state index in [-0.39, 0.29) is 78.2 Å². The first-order valence-corrected chi connectivity index (χ1v) is 29.7. The van der Waals surface area contributed by atoms with Gasteiger partial charge in [-0.15, -0.1) is 0 Å². The van der Waals surface area contributed by atoms with E-state index < -0.39 is 47.0 Å². The average molecular weight is 1300 g/mol. The Kier molecular flexibility index (Phi) is 14.5. The monoisotopic (exact) mass is 1290 g/mol. The van der Waals surface area contributed by atoms with Crippen molar-refractivity contribution in [2.75, 3.05) is 0 Å². The standard InChI is InChI=1S/C76H42F12N8/c77-73(78,79)52-25-30-62-57(39-52)58-40-53(74(80,81)82)26-31-63(58)95(62)56-36-50(35-51(37-56)71-91-67(43-14-5-1-6-15-43)89-68(92-71)44-16-7-2-8-17-44)48-23-13-22-47(34-48)49-24-29-66(61(38-49)72-93-69(45-18-9-3-10-19-45)90-70(94-72)46-20-11-4-12-21-46)96-64-32-27-54(75(83,84)85)41-59(64)60-42-55(76(86,87)88)28-33-65(60)96/h1-42H. The fourth-order valence-electron chi connectivity index (χ4n) is 12.2. The highest BCUT2D eigenvalue weighted by molar-refractivity contribution is 6.11. The van der Waals surface area contributed by atoms with Crippen LogP contribution in [0.5, 0.6) is 0 Å². The highest BCUT2D eigenvalue weighted by atomic mass is 19.4. The Morgan fingerprint density at radius 1 is 0.219 bits per heavy atom. The number of halogens is 12. The van der Waals surface area contributed by atoms with Gasteiger partial charge in [-0.05, 0) is 131 Å². The van der Waals surface area contributed by atoms with Crippen LogP contribution in [0.4, 0.5) is 52.7 Å². The van der Waals surface area contributed by atoms with Crippen molar-refractivity contribution in [2.24, 2.45) is 0 Å². The van der Waals surface area contributed by atoms with E-state index in [1.165, 1.54) is 24.3 Å². The third kappa shape index (κ3) is 11.3. The predicted molar refractivity (Wildman–Crippen MR) is 345 cm³/mol. The molecule has 0 spiro atoms. The number of fused-ring (bicyclic) bond motifs is 6. The second-order valence-corrected chi connectivity index (χ2v) is 22.7. The summed E-state index contributed by atoms with van der Waals surface area (Å²) in [5.41, 5.74) is 2.13. The number of rotatable bonds is 10. The van der Waals surface area contributed by atoms with Crippen LogP contribution in [-0.4, -0.2) is 39.0 Å². The summed E-state index contributed by atoms with van der Waals surface area (Å²) >= 11 is 0. The number of alkyl halides is 12. The van der Waals surface area contributed by atoms with Crippen molar-refractivity contribution >= 4 is 43.6 Å². The van der Waals surface area contributed by atoms with Crippen LogP contribution in [0, 0.1) is 0 Å². The summed E-state index contributed by atoms with van der Waals surface area (Å²) in [6.07, 6.45) is -19.4. The van der Waals surface area contributed by atoms with Gasteiger partial charge in [0, 0.05) is 60.6 Å². The van der Waals surface area contributed by atoms with Crippen LogP contribution in [0.15, 0.2) is 255 Å². The molecule has 96 heavy (non-hydrogen) atoms. The summed E-state index contributed by atoms with van der Waals surface area (Å²) in [5.74, 6) is 1.34. The molecule has 0 atom stereocenters. The second-order valence-electron chi connectivity index (χ2n) is 22.7. The molecule has 0 amide bonds. The van der Waals surface area contributed by atoms with E-state index in [1.54, 1.807) is 94.1 Å². The predicted octanol–water partition coefficient (Wildman–Crippen LogP) is 21.7. The van der Waals surface area contributed by atoms with Crippen molar-refractivity contribution in [1.82, 2.24) is 39.0 Å². The molecule has 4 heterocycles. The lowest BCUT2D eigenvalue weighted by atomic mass is 9.95. The molecule has 0 radical (unpaired) electrons. The third-order valence-corrected chi connectivity index (χ3v) is 16.7. The lowest BCUT2D eigenvalue weighted by molar-refractivity contribution is -0.138. The van der Waals surface area contributed by atoms with Crippen LogP contribution >= 0.6 is 0 Å². The third-order valence-electron chi connectivity index (χ3n) is 16.7. The van der Waals surface area contributed by atoms with Gasteiger partial charge < -0.3 is 9.13 Å². The van der Waals surface area contributed by atoms with Gasteiger partial charge >= 0.3 is 24.7 Å². The molecule has 0 aliphatic carbocycles. The Morgan fingerprint density at radius 2 is 0.510 bits per heavy atom. The van der Waals surface area contributed by atoms with Crippen molar-refractivity contribution in [3.63, 3.8) is 0 Å². The van der Waals surface area contributed by atoms with E-state index in [2.05, 4.69) is 0 Å². The summed E-state index contributed by atoms with van der Waals surface area (Å²) in [6.45, 7) is 0. The molecular weight excluding hydrogens is 1250 g/mol. The number of hydrogen-bond donors (Lipinski definition) is 0. The van der Waals surface area contributed by atoms with E-state index in [4.69, 9.17) is 29.9 Å². The van der Waals surface area contributed by atoms with E-state index in [0.717, 1.165) is 48.5 Å². The van der Waals surface area contributed by atoms with Crippen LogP contribution < -0.4 is 0 Å². The molecule has 0 fully saturated rings. The molecular formula is C76H42F12N8. The number of nitrogens with zero attached hydrogens (tertiary/aromatic N) is 8. The first-order chi connectivity index (χ1) is 46.1. The second kappa shape index (κ2) is 23.0. The van der Waals surface area contributed by atoms with Crippen LogP contribution in [0.25, 0.3) is 146 Å². The summed E-state index contributed by atoms with van der Waals surface area (Å²) in [4.78, 5) is 29.9. The zero-order valence-electron chi connectivity index (χ0n) is 49.4. The summed E-state index contributed by atoms with van der Waals surface area (Å²) < 4.78 is 178. The fourth-order valence-corrected chi connectivity index (χ4v) is 12.2. The number of benzene rings is 11. The summed E-state index contributed by atoms with van der Waals surface area (Å²) in [5, 5.41) is -0.410. The van der Waals surface area contributed by atoms with Crippen LogP contribution in [0.1, 0.15) is 22.3 Å². The minimum atomic E-state index is -4.86. The molecule has 0 N–H and O–H groups in total. The van der Waals surface area contributed by atoms with Gasteiger partial charge in [0.25, 0.3) is 0 Å². The molecule has 0 saturated heterocycles. The largest absolute Gasteiger partial charge is 0.416 e. The van der Waals surface area contributed by atoms with E-state index in [1.807, 2.05) is 97.1 Å². The molecule has 0 saturated carbocycles. The van der Waals surface area contributed by atoms with Crippen LogP contribution in [0.2, 0.25) is 0 Å². The van der Waals surface area contributed by atoms with Gasteiger partial charge in [0.05, 0.1) is 50.0 Å². The van der Waals surface area contributed by atoms with Crippen molar-refractivity contribution in [2.45, 2.75) is 24.7 Å². The molecule has 8 nitrogen and oxygen atoms in total. The highest BCUT2D eigenvalue weighted by Crippen LogP contribution is 2.46. The van der Waals surface area contributed by atoms with Gasteiger partial charge in [-0.3, -0.25) is 0 Å². The molecule has 470 valence electrons. The van der Waals surface area contributed by atoms with E-state index in [0.29, 0.717) is 67.4 Å². The highest BCUT2D eigenvalue weighted by Gasteiger charge is 2.36. The molecule has 0 unspecified atom stereocenters. The van der Waals surface area contributed by atoms with Gasteiger partial charge in [-0.2, -0.15) is 52.7 Å². The molecule has 20 heteroatoms. The number of aromatic nitrogens is 8. The van der Waals surface area contributed by atoms with Crippen molar-refractivity contribution in [3.8, 4) is 102 Å². The van der Waals surface area contributed by atoms with Gasteiger partial charge in [0.15, 0.2) is 34.9 Å².